The number of aromatic hydroxyl groups is 1. The SMILES string of the molecule is COc1ccc(C2C3=CCC4C(=O)N(c5ccc(C)c(Cl)c5)C(=O)C4C3CC3=C2C(=O)C(C)=CC3=O)cc1O. The first-order chi connectivity index (χ1) is 18.6. The van der Waals surface area contributed by atoms with Gasteiger partial charge in [0.05, 0.1) is 24.6 Å². The second-order valence-electron chi connectivity index (χ2n) is 10.6. The molecule has 39 heavy (non-hydrogen) atoms. The molecule has 1 fully saturated rings. The van der Waals surface area contributed by atoms with E-state index in [0.717, 1.165) is 11.1 Å². The Bertz CT molecular complexity index is 1600. The topological polar surface area (TPSA) is 101 Å². The minimum Gasteiger partial charge on any atom is -0.504 e. The molecule has 2 aromatic carbocycles. The fourth-order valence-electron chi connectivity index (χ4n) is 6.60. The number of hydrogen-bond donors (Lipinski definition) is 1. The normalized spacial score (nSPS) is 26.2. The number of benzene rings is 2. The van der Waals surface area contributed by atoms with Gasteiger partial charge in [-0.3, -0.25) is 19.2 Å². The highest BCUT2D eigenvalue weighted by molar-refractivity contribution is 6.32. The van der Waals surface area contributed by atoms with Gasteiger partial charge in [0.25, 0.3) is 0 Å². The van der Waals surface area contributed by atoms with E-state index in [4.69, 9.17) is 16.3 Å². The second kappa shape index (κ2) is 9.06. The first-order valence-electron chi connectivity index (χ1n) is 12.8. The number of imide groups is 1. The van der Waals surface area contributed by atoms with Gasteiger partial charge in [-0.15, -0.1) is 0 Å². The smallest absolute Gasteiger partial charge is 0.238 e. The first kappa shape index (κ1) is 25.3. The van der Waals surface area contributed by atoms with E-state index in [1.807, 2.05) is 13.0 Å². The van der Waals surface area contributed by atoms with Crippen LogP contribution in [0.15, 0.2) is 70.8 Å². The Morgan fingerprint density at radius 2 is 1.77 bits per heavy atom. The molecule has 0 saturated carbocycles. The number of phenolic OH excluding ortho intramolecular Hbond substituents is 1. The predicted octanol–water partition coefficient (Wildman–Crippen LogP) is 5.00. The van der Waals surface area contributed by atoms with Gasteiger partial charge in [-0.1, -0.05) is 35.4 Å². The fraction of sp³-hybridized carbons (Fsp3) is 0.290. The summed E-state index contributed by atoms with van der Waals surface area (Å²) in [5.74, 6) is -3.27. The zero-order valence-corrected chi connectivity index (χ0v) is 22.4. The third kappa shape index (κ3) is 3.71. The van der Waals surface area contributed by atoms with Crippen LogP contribution in [-0.2, 0) is 19.2 Å². The van der Waals surface area contributed by atoms with Crippen LogP contribution >= 0.6 is 11.6 Å². The minimum atomic E-state index is -0.684. The molecule has 1 heterocycles. The number of ketones is 2. The Kier molecular flexibility index (Phi) is 5.88. The molecule has 0 aromatic heterocycles. The first-order valence-corrected chi connectivity index (χ1v) is 13.2. The number of methoxy groups -OCH3 is 1. The summed E-state index contributed by atoms with van der Waals surface area (Å²) in [7, 11) is 1.45. The van der Waals surface area contributed by atoms with E-state index in [-0.39, 0.29) is 41.3 Å². The lowest BCUT2D eigenvalue weighted by Gasteiger charge is -2.42. The molecule has 1 saturated heterocycles. The van der Waals surface area contributed by atoms with E-state index in [1.54, 1.807) is 37.3 Å². The minimum absolute atomic E-state index is 0.0926. The van der Waals surface area contributed by atoms with Crippen molar-refractivity contribution in [2.75, 3.05) is 12.0 Å². The van der Waals surface area contributed by atoms with E-state index < -0.39 is 23.7 Å². The number of rotatable bonds is 3. The maximum atomic E-state index is 13.9. The van der Waals surface area contributed by atoms with Crippen molar-refractivity contribution >= 4 is 40.7 Å². The number of amides is 2. The second-order valence-corrected chi connectivity index (χ2v) is 11.0. The summed E-state index contributed by atoms with van der Waals surface area (Å²) >= 11 is 6.32. The van der Waals surface area contributed by atoms with Crippen molar-refractivity contribution < 1.29 is 29.0 Å². The summed E-state index contributed by atoms with van der Waals surface area (Å²) < 4.78 is 5.20. The highest BCUT2D eigenvalue weighted by atomic mass is 35.5. The van der Waals surface area contributed by atoms with Crippen LogP contribution in [0.1, 0.15) is 36.8 Å². The fourth-order valence-corrected chi connectivity index (χ4v) is 6.78. The number of allylic oxidation sites excluding steroid dienone is 6. The summed E-state index contributed by atoms with van der Waals surface area (Å²) in [5.41, 5.74) is 3.79. The molecule has 6 rings (SSSR count). The van der Waals surface area contributed by atoms with Crippen LogP contribution in [0.25, 0.3) is 0 Å². The third-order valence-electron chi connectivity index (χ3n) is 8.51. The van der Waals surface area contributed by atoms with Gasteiger partial charge >= 0.3 is 0 Å². The van der Waals surface area contributed by atoms with E-state index >= 15 is 0 Å². The van der Waals surface area contributed by atoms with E-state index in [2.05, 4.69) is 0 Å². The van der Waals surface area contributed by atoms with Gasteiger partial charge in [0, 0.05) is 27.7 Å². The Morgan fingerprint density at radius 3 is 2.46 bits per heavy atom. The molecule has 1 N–H and O–H groups in total. The summed E-state index contributed by atoms with van der Waals surface area (Å²) in [4.78, 5) is 55.4. The molecule has 198 valence electrons. The van der Waals surface area contributed by atoms with Gasteiger partial charge < -0.3 is 9.84 Å². The van der Waals surface area contributed by atoms with Crippen molar-refractivity contribution in [1.29, 1.82) is 0 Å². The van der Waals surface area contributed by atoms with Gasteiger partial charge in [0.1, 0.15) is 0 Å². The highest BCUT2D eigenvalue weighted by Gasteiger charge is 2.56. The predicted molar refractivity (Wildman–Crippen MR) is 145 cm³/mol. The molecule has 7 nitrogen and oxygen atoms in total. The lowest BCUT2D eigenvalue weighted by molar-refractivity contribution is -0.123. The van der Waals surface area contributed by atoms with Crippen LogP contribution in [0.4, 0.5) is 5.69 Å². The number of Topliss-reactive ketones (excluding diaryl/α,β-unsaturated/α-hetero) is 1. The lowest BCUT2D eigenvalue weighted by atomic mass is 9.59. The van der Waals surface area contributed by atoms with Crippen LogP contribution in [-0.4, -0.2) is 35.6 Å². The molecular weight excluding hydrogens is 518 g/mol. The van der Waals surface area contributed by atoms with Crippen molar-refractivity contribution in [2.24, 2.45) is 17.8 Å². The zero-order valence-electron chi connectivity index (χ0n) is 21.7. The molecule has 0 radical (unpaired) electrons. The van der Waals surface area contributed by atoms with Crippen molar-refractivity contribution in [3.8, 4) is 11.5 Å². The monoisotopic (exact) mass is 543 g/mol. The van der Waals surface area contributed by atoms with Gasteiger partial charge in [-0.2, -0.15) is 0 Å². The van der Waals surface area contributed by atoms with Crippen LogP contribution < -0.4 is 9.64 Å². The number of carbonyl (C=O) groups is 4. The van der Waals surface area contributed by atoms with Crippen molar-refractivity contribution in [3.63, 3.8) is 0 Å². The average Bonchev–Trinajstić information content (AvgIpc) is 3.17. The van der Waals surface area contributed by atoms with E-state index in [0.29, 0.717) is 39.4 Å². The number of ether oxygens (including phenoxy) is 1. The quantitative estimate of drug-likeness (QED) is 0.332. The summed E-state index contributed by atoms with van der Waals surface area (Å²) in [5, 5.41) is 11.0. The number of nitrogens with zero attached hydrogens (tertiary/aromatic N) is 1. The third-order valence-corrected chi connectivity index (χ3v) is 8.92. The average molecular weight is 544 g/mol. The van der Waals surface area contributed by atoms with Gasteiger partial charge in [-0.25, -0.2) is 4.90 Å². The molecular formula is C31H26ClNO6. The Morgan fingerprint density at radius 1 is 1.00 bits per heavy atom. The molecule has 1 aliphatic heterocycles. The molecule has 4 aliphatic rings. The molecule has 2 aromatic rings. The van der Waals surface area contributed by atoms with Crippen LogP contribution in [0.2, 0.25) is 5.02 Å². The van der Waals surface area contributed by atoms with E-state index in [9.17, 15) is 24.3 Å². The maximum absolute atomic E-state index is 13.9. The molecule has 0 spiro atoms. The number of phenols is 1. The Hall–Kier alpha value is -3.97. The zero-order chi connectivity index (χ0) is 27.7. The number of aryl methyl sites for hydroxylation is 1. The van der Waals surface area contributed by atoms with Crippen LogP contribution in [0, 0.1) is 24.7 Å². The molecule has 2 amide bonds. The van der Waals surface area contributed by atoms with Crippen molar-refractivity contribution in [3.05, 3.63) is 87.0 Å². The van der Waals surface area contributed by atoms with E-state index in [1.165, 1.54) is 24.2 Å². The summed E-state index contributed by atoms with van der Waals surface area (Å²) in [6.07, 6.45) is 3.82. The lowest BCUT2D eigenvalue weighted by Crippen LogP contribution is -2.39. The Labute approximate surface area is 230 Å². The number of halogens is 1. The number of anilines is 1. The summed E-state index contributed by atoms with van der Waals surface area (Å²) in [6.45, 7) is 3.46. The van der Waals surface area contributed by atoms with Crippen molar-refractivity contribution in [2.45, 2.75) is 32.6 Å². The number of fused-ring (bicyclic) bond motifs is 3. The summed E-state index contributed by atoms with van der Waals surface area (Å²) in [6, 6.07) is 10.0. The molecule has 8 heteroatoms. The largest absolute Gasteiger partial charge is 0.504 e. The molecule has 4 atom stereocenters. The Balaban J connectivity index is 1.48. The van der Waals surface area contributed by atoms with Gasteiger partial charge in [0.15, 0.2) is 23.1 Å². The molecule has 4 unspecified atom stereocenters. The molecule has 3 aliphatic carbocycles. The van der Waals surface area contributed by atoms with Gasteiger partial charge in [-0.05, 0) is 74.1 Å². The molecule has 0 bridgehead atoms. The highest BCUT2D eigenvalue weighted by Crippen LogP contribution is 2.56. The standard InChI is InChI=1S/C31H26ClNO6/c1-14-4-6-17(12-22(14)32)33-30(37)19-8-7-18-20(27(19)31(33)38)13-21-23(34)10-15(2)29(36)28(21)26(18)16-5-9-25(39-3)24(35)11-16/h4-7,9-12,19-20,26-27,35H,8,13H2,1-3H3. The number of hydrogen-bond acceptors (Lipinski definition) is 6. The van der Waals surface area contributed by atoms with Crippen LogP contribution in [0.5, 0.6) is 11.5 Å². The van der Waals surface area contributed by atoms with Gasteiger partial charge in [0.2, 0.25) is 11.8 Å². The van der Waals surface area contributed by atoms with Crippen LogP contribution in [0.3, 0.4) is 0 Å². The maximum Gasteiger partial charge on any atom is 0.238 e. The number of carbonyl (C=O) groups excluding carboxylic acids is 4. The van der Waals surface area contributed by atoms with Crippen molar-refractivity contribution in [1.82, 2.24) is 0 Å².